The number of carbonyl (C=O) groups excluding carboxylic acids is 1. The average molecular weight is 277 g/mol. The molecule has 0 bridgehead atoms. The van der Waals surface area contributed by atoms with E-state index in [1.54, 1.807) is 22.7 Å². The first kappa shape index (κ1) is 11.9. The van der Waals surface area contributed by atoms with Gasteiger partial charge in [0.2, 0.25) is 0 Å². The highest BCUT2D eigenvalue weighted by Gasteiger charge is 2.26. The number of thiophene rings is 2. The molecule has 3 rings (SSSR count). The second kappa shape index (κ2) is 5.24. The fourth-order valence-electron chi connectivity index (χ4n) is 2.47. The summed E-state index contributed by atoms with van der Waals surface area (Å²) in [7, 11) is 0. The van der Waals surface area contributed by atoms with Gasteiger partial charge in [0, 0.05) is 18.9 Å². The fourth-order valence-corrected chi connectivity index (χ4v) is 4.15. The maximum Gasteiger partial charge on any atom is 0.133 e. The van der Waals surface area contributed by atoms with E-state index in [1.807, 2.05) is 0 Å². The first-order valence-corrected chi connectivity index (χ1v) is 7.98. The Balaban J connectivity index is 1.88. The second-order valence-electron chi connectivity index (χ2n) is 4.54. The minimum Gasteiger partial charge on any atom is -0.322 e. The minimum atomic E-state index is 0.420. The summed E-state index contributed by atoms with van der Waals surface area (Å²) in [5.74, 6) is 0.420. The molecule has 0 aromatic carbocycles. The molecule has 2 aromatic heterocycles. The largest absolute Gasteiger partial charge is 0.322 e. The molecule has 1 fully saturated rings. The van der Waals surface area contributed by atoms with Crippen molar-refractivity contribution < 1.29 is 4.79 Å². The van der Waals surface area contributed by atoms with Crippen LogP contribution < -0.4 is 4.90 Å². The molecule has 0 unspecified atom stereocenters. The van der Waals surface area contributed by atoms with Crippen LogP contribution in [0.3, 0.4) is 0 Å². The normalized spacial score (nSPS) is 17.0. The summed E-state index contributed by atoms with van der Waals surface area (Å²) in [6, 6.07) is 8.99. The summed E-state index contributed by atoms with van der Waals surface area (Å²) in [6.45, 7) is 0. The highest BCUT2D eigenvalue weighted by molar-refractivity contribution is 7.16. The van der Waals surface area contributed by atoms with Gasteiger partial charge in [0.15, 0.2) is 0 Å². The maximum atomic E-state index is 11.4. The van der Waals surface area contributed by atoms with E-state index < -0.39 is 0 Å². The van der Waals surface area contributed by atoms with Crippen LogP contribution >= 0.6 is 22.7 Å². The summed E-state index contributed by atoms with van der Waals surface area (Å²) < 4.78 is 0. The van der Waals surface area contributed by atoms with Gasteiger partial charge in [0.1, 0.15) is 5.78 Å². The zero-order valence-corrected chi connectivity index (χ0v) is 11.7. The Morgan fingerprint density at radius 1 is 1.00 bits per heavy atom. The summed E-state index contributed by atoms with van der Waals surface area (Å²) in [5.41, 5.74) is 0. The summed E-state index contributed by atoms with van der Waals surface area (Å²) in [6.07, 6.45) is 3.43. The van der Waals surface area contributed by atoms with Crippen molar-refractivity contribution in [3.05, 3.63) is 35.0 Å². The molecular formula is C14H15NOS2. The van der Waals surface area contributed by atoms with E-state index in [1.165, 1.54) is 10.0 Å². The number of hydrogen-bond acceptors (Lipinski definition) is 4. The van der Waals surface area contributed by atoms with Gasteiger partial charge >= 0.3 is 0 Å². The summed E-state index contributed by atoms with van der Waals surface area (Å²) in [4.78, 5) is 13.8. The van der Waals surface area contributed by atoms with Crippen molar-refractivity contribution in [3.8, 4) is 0 Å². The zero-order valence-electron chi connectivity index (χ0n) is 10.0. The summed E-state index contributed by atoms with van der Waals surface area (Å²) >= 11 is 3.54. The molecule has 0 atom stereocenters. The molecule has 0 aliphatic heterocycles. The fraction of sp³-hybridized carbons (Fsp3) is 0.357. The molecule has 2 aromatic rings. The average Bonchev–Trinajstić information content (AvgIpc) is 3.06. The molecule has 0 N–H and O–H groups in total. The van der Waals surface area contributed by atoms with E-state index in [-0.39, 0.29) is 0 Å². The molecule has 18 heavy (non-hydrogen) atoms. The number of anilines is 2. The molecule has 0 saturated heterocycles. The van der Waals surface area contributed by atoms with Gasteiger partial charge in [-0.1, -0.05) is 0 Å². The molecule has 1 saturated carbocycles. The zero-order chi connectivity index (χ0) is 12.4. The van der Waals surface area contributed by atoms with E-state index in [9.17, 15) is 4.79 Å². The molecule has 2 heterocycles. The lowest BCUT2D eigenvalue weighted by molar-refractivity contribution is -0.120. The Labute approximate surface area is 115 Å². The van der Waals surface area contributed by atoms with E-state index in [0.29, 0.717) is 11.8 Å². The Morgan fingerprint density at radius 3 is 2.00 bits per heavy atom. The molecule has 0 amide bonds. The SMILES string of the molecule is O=C1CCC(N(c2cccs2)c2cccs2)CC1. The van der Waals surface area contributed by atoms with Crippen molar-refractivity contribution in [2.45, 2.75) is 31.7 Å². The van der Waals surface area contributed by atoms with Gasteiger partial charge in [-0.3, -0.25) is 4.79 Å². The van der Waals surface area contributed by atoms with Gasteiger partial charge in [0.05, 0.1) is 10.0 Å². The van der Waals surface area contributed by atoms with Crippen LogP contribution in [0, 0.1) is 0 Å². The van der Waals surface area contributed by atoms with Crippen molar-refractivity contribution in [3.63, 3.8) is 0 Å². The Morgan fingerprint density at radius 2 is 1.56 bits per heavy atom. The first-order valence-electron chi connectivity index (χ1n) is 6.22. The molecule has 1 aliphatic rings. The third-order valence-corrected chi connectivity index (χ3v) is 5.10. The number of carbonyl (C=O) groups is 1. The predicted molar refractivity (Wildman–Crippen MR) is 78.0 cm³/mol. The lowest BCUT2D eigenvalue weighted by Crippen LogP contribution is -2.33. The van der Waals surface area contributed by atoms with Gasteiger partial charge in [-0.05, 0) is 47.9 Å². The van der Waals surface area contributed by atoms with Crippen LogP contribution in [0.5, 0.6) is 0 Å². The van der Waals surface area contributed by atoms with Gasteiger partial charge in [-0.25, -0.2) is 0 Å². The number of rotatable bonds is 3. The standard InChI is InChI=1S/C14H15NOS2/c16-12-7-5-11(6-8-12)15(13-3-1-9-17-13)14-4-2-10-18-14/h1-4,9-11H,5-8H2. The smallest absolute Gasteiger partial charge is 0.133 e. The molecule has 4 heteroatoms. The van der Waals surface area contributed by atoms with E-state index in [2.05, 4.69) is 39.9 Å². The highest BCUT2D eigenvalue weighted by atomic mass is 32.1. The molecule has 0 spiro atoms. The summed E-state index contributed by atoms with van der Waals surface area (Å²) in [5, 5.41) is 6.81. The quantitative estimate of drug-likeness (QED) is 0.825. The van der Waals surface area contributed by atoms with Gasteiger partial charge in [-0.15, -0.1) is 22.7 Å². The maximum absolute atomic E-state index is 11.4. The van der Waals surface area contributed by atoms with Crippen molar-refractivity contribution in [2.24, 2.45) is 0 Å². The Kier molecular flexibility index (Phi) is 3.48. The second-order valence-corrected chi connectivity index (χ2v) is 6.39. The van der Waals surface area contributed by atoms with Crippen LogP contribution in [0.15, 0.2) is 35.0 Å². The molecule has 94 valence electrons. The van der Waals surface area contributed by atoms with Crippen LogP contribution in [-0.4, -0.2) is 11.8 Å². The lowest BCUT2D eigenvalue weighted by Gasteiger charge is -2.33. The Bertz CT molecular complexity index is 460. The van der Waals surface area contributed by atoms with E-state index >= 15 is 0 Å². The molecule has 0 radical (unpaired) electrons. The van der Waals surface area contributed by atoms with E-state index in [0.717, 1.165) is 25.7 Å². The van der Waals surface area contributed by atoms with Crippen molar-refractivity contribution in [2.75, 3.05) is 4.90 Å². The van der Waals surface area contributed by atoms with Crippen molar-refractivity contribution in [1.29, 1.82) is 0 Å². The minimum absolute atomic E-state index is 0.420. The van der Waals surface area contributed by atoms with E-state index in [4.69, 9.17) is 0 Å². The molecule has 1 aliphatic carbocycles. The molecular weight excluding hydrogens is 262 g/mol. The number of ketones is 1. The third kappa shape index (κ3) is 2.35. The van der Waals surface area contributed by atoms with Gasteiger partial charge < -0.3 is 4.90 Å². The first-order chi connectivity index (χ1) is 8.84. The molecule has 2 nitrogen and oxygen atoms in total. The van der Waals surface area contributed by atoms with Gasteiger partial charge in [0.25, 0.3) is 0 Å². The number of Topliss-reactive ketones (excluding diaryl/α,β-unsaturated/α-hetero) is 1. The monoisotopic (exact) mass is 277 g/mol. The third-order valence-electron chi connectivity index (χ3n) is 3.37. The van der Waals surface area contributed by atoms with Crippen LogP contribution in [0.1, 0.15) is 25.7 Å². The number of hydrogen-bond donors (Lipinski definition) is 0. The topological polar surface area (TPSA) is 20.3 Å². The Hall–Kier alpha value is -1.13. The van der Waals surface area contributed by atoms with Crippen molar-refractivity contribution in [1.82, 2.24) is 0 Å². The van der Waals surface area contributed by atoms with Crippen LogP contribution in [0.2, 0.25) is 0 Å². The highest BCUT2D eigenvalue weighted by Crippen LogP contribution is 2.38. The van der Waals surface area contributed by atoms with Gasteiger partial charge in [-0.2, -0.15) is 0 Å². The van der Waals surface area contributed by atoms with Crippen LogP contribution in [-0.2, 0) is 4.79 Å². The predicted octanol–water partition coefficient (Wildman–Crippen LogP) is 4.46. The van der Waals surface area contributed by atoms with Crippen LogP contribution in [0.25, 0.3) is 0 Å². The number of nitrogens with zero attached hydrogens (tertiary/aromatic N) is 1. The van der Waals surface area contributed by atoms with Crippen molar-refractivity contribution >= 4 is 38.5 Å². The lowest BCUT2D eigenvalue weighted by atomic mass is 9.93. The van der Waals surface area contributed by atoms with Crippen LogP contribution in [0.4, 0.5) is 10.0 Å².